The number of para-hydroxylation sites is 1. The van der Waals surface area contributed by atoms with Crippen LogP contribution in [0.4, 0.5) is 0 Å². The average Bonchev–Trinajstić information content (AvgIpc) is 3.24. The number of hydrogen-bond acceptors (Lipinski definition) is 4. The second kappa shape index (κ2) is 14.0. The Kier molecular flexibility index (Phi) is 12.5. The Morgan fingerprint density at radius 1 is 1.18 bits per heavy atom. The van der Waals surface area contributed by atoms with Gasteiger partial charge in [-0.05, 0) is 45.1 Å². The van der Waals surface area contributed by atoms with Gasteiger partial charge in [0.15, 0.2) is 5.96 Å². The Hall–Kier alpha value is -1.06. The summed E-state index contributed by atoms with van der Waals surface area (Å²) in [5, 5.41) is 6.97. The maximum Gasteiger partial charge on any atom is 0.191 e. The SMILES string of the molecule is CCN(CC)CCNC(=NC)NCC(c1ccccc1OC)N1CCCC1.I. The van der Waals surface area contributed by atoms with E-state index in [0.29, 0.717) is 0 Å². The van der Waals surface area contributed by atoms with Crippen LogP contribution in [0.15, 0.2) is 29.3 Å². The molecule has 160 valence electrons. The van der Waals surface area contributed by atoms with Gasteiger partial charge >= 0.3 is 0 Å². The highest BCUT2D eigenvalue weighted by atomic mass is 127. The molecule has 1 aromatic carbocycles. The molecular formula is C21H38IN5O. The van der Waals surface area contributed by atoms with Crippen molar-refractivity contribution in [2.45, 2.75) is 32.7 Å². The van der Waals surface area contributed by atoms with E-state index in [0.717, 1.165) is 57.5 Å². The molecule has 0 radical (unpaired) electrons. The summed E-state index contributed by atoms with van der Waals surface area (Å²) < 4.78 is 5.63. The number of benzene rings is 1. The number of guanidine groups is 1. The molecule has 0 aromatic heterocycles. The fourth-order valence-corrected chi connectivity index (χ4v) is 3.72. The molecule has 7 heteroatoms. The predicted molar refractivity (Wildman–Crippen MR) is 129 cm³/mol. The lowest BCUT2D eigenvalue weighted by Crippen LogP contribution is -2.44. The topological polar surface area (TPSA) is 52.1 Å². The fourth-order valence-electron chi connectivity index (χ4n) is 3.72. The van der Waals surface area contributed by atoms with Crippen LogP contribution in [0.5, 0.6) is 5.75 Å². The van der Waals surface area contributed by atoms with Gasteiger partial charge in [-0.3, -0.25) is 9.89 Å². The van der Waals surface area contributed by atoms with Gasteiger partial charge in [-0.15, -0.1) is 24.0 Å². The first-order valence-corrected chi connectivity index (χ1v) is 10.3. The summed E-state index contributed by atoms with van der Waals surface area (Å²) in [6.45, 7) is 11.6. The van der Waals surface area contributed by atoms with E-state index in [4.69, 9.17) is 4.74 Å². The van der Waals surface area contributed by atoms with Crippen molar-refractivity contribution in [3.05, 3.63) is 29.8 Å². The van der Waals surface area contributed by atoms with Crippen molar-refractivity contribution < 1.29 is 4.74 Å². The Morgan fingerprint density at radius 3 is 2.46 bits per heavy atom. The van der Waals surface area contributed by atoms with E-state index in [2.05, 4.69) is 57.5 Å². The largest absolute Gasteiger partial charge is 0.496 e. The van der Waals surface area contributed by atoms with Gasteiger partial charge < -0.3 is 20.3 Å². The van der Waals surface area contributed by atoms with Gasteiger partial charge in [0, 0.05) is 32.2 Å². The number of methoxy groups -OCH3 is 1. The molecule has 0 saturated carbocycles. The molecule has 6 nitrogen and oxygen atoms in total. The van der Waals surface area contributed by atoms with Crippen LogP contribution in [0.2, 0.25) is 0 Å². The summed E-state index contributed by atoms with van der Waals surface area (Å²) in [6, 6.07) is 8.64. The first-order chi connectivity index (χ1) is 13.2. The summed E-state index contributed by atoms with van der Waals surface area (Å²) in [5.41, 5.74) is 1.24. The van der Waals surface area contributed by atoms with Gasteiger partial charge in [0.25, 0.3) is 0 Å². The van der Waals surface area contributed by atoms with Gasteiger partial charge in [-0.25, -0.2) is 0 Å². The molecule has 0 bridgehead atoms. The summed E-state index contributed by atoms with van der Waals surface area (Å²) in [6.07, 6.45) is 2.53. The molecule has 1 atom stereocenters. The molecule has 2 rings (SSSR count). The smallest absolute Gasteiger partial charge is 0.191 e. The quantitative estimate of drug-likeness (QED) is 0.292. The molecule has 1 aliphatic rings. The second-order valence-electron chi connectivity index (χ2n) is 6.91. The molecular weight excluding hydrogens is 465 g/mol. The number of ether oxygens (including phenoxy) is 1. The third kappa shape index (κ3) is 7.40. The van der Waals surface area contributed by atoms with Gasteiger partial charge in [0.2, 0.25) is 0 Å². The van der Waals surface area contributed by atoms with Crippen molar-refractivity contribution in [3.8, 4) is 5.75 Å². The fraction of sp³-hybridized carbons (Fsp3) is 0.667. The number of nitrogens with zero attached hydrogens (tertiary/aromatic N) is 3. The third-order valence-electron chi connectivity index (χ3n) is 5.38. The highest BCUT2D eigenvalue weighted by Crippen LogP contribution is 2.31. The Morgan fingerprint density at radius 2 is 1.86 bits per heavy atom. The number of halogens is 1. The summed E-state index contributed by atoms with van der Waals surface area (Å²) in [4.78, 5) is 9.35. The highest BCUT2D eigenvalue weighted by Gasteiger charge is 2.25. The Labute approximate surface area is 188 Å². The van der Waals surface area contributed by atoms with E-state index in [1.807, 2.05) is 13.1 Å². The zero-order chi connectivity index (χ0) is 19.5. The van der Waals surface area contributed by atoms with E-state index in [-0.39, 0.29) is 30.0 Å². The van der Waals surface area contributed by atoms with Crippen LogP contribution in [0.25, 0.3) is 0 Å². The number of aliphatic imine (C=N–C) groups is 1. The summed E-state index contributed by atoms with van der Waals surface area (Å²) in [7, 11) is 3.59. The number of hydrogen-bond donors (Lipinski definition) is 2. The van der Waals surface area contributed by atoms with Crippen LogP contribution in [-0.2, 0) is 0 Å². The molecule has 0 amide bonds. The van der Waals surface area contributed by atoms with Crippen LogP contribution in [0, 0.1) is 0 Å². The van der Waals surface area contributed by atoms with Gasteiger partial charge in [-0.2, -0.15) is 0 Å². The second-order valence-corrected chi connectivity index (χ2v) is 6.91. The monoisotopic (exact) mass is 503 g/mol. The molecule has 1 heterocycles. The normalized spacial score (nSPS) is 16.0. The van der Waals surface area contributed by atoms with Gasteiger partial charge in [0.05, 0.1) is 13.2 Å². The van der Waals surface area contributed by atoms with E-state index in [9.17, 15) is 0 Å². The summed E-state index contributed by atoms with van der Waals surface area (Å²) >= 11 is 0. The Bertz CT molecular complexity index is 574. The number of rotatable bonds is 10. The first kappa shape index (κ1) is 25.0. The van der Waals surface area contributed by atoms with Crippen molar-refractivity contribution in [1.82, 2.24) is 20.4 Å². The van der Waals surface area contributed by atoms with E-state index in [1.165, 1.54) is 18.4 Å². The molecule has 1 saturated heterocycles. The first-order valence-electron chi connectivity index (χ1n) is 10.3. The minimum absolute atomic E-state index is 0. The Balaban J connectivity index is 0.00000392. The van der Waals surface area contributed by atoms with Crippen LogP contribution < -0.4 is 15.4 Å². The van der Waals surface area contributed by atoms with Crippen LogP contribution in [0.1, 0.15) is 38.3 Å². The minimum atomic E-state index is 0. The highest BCUT2D eigenvalue weighted by molar-refractivity contribution is 14.0. The van der Waals surface area contributed by atoms with E-state index < -0.39 is 0 Å². The van der Waals surface area contributed by atoms with Gasteiger partial charge in [0.1, 0.15) is 5.75 Å². The van der Waals surface area contributed by atoms with Crippen molar-refractivity contribution in [1.29, 1.82) is 0 Å². The lowest BCUT2D eigenvalue weighted by Gasteiger charge is -2.30. The zero-order valence-corrected chi connectivity index (χ0v) is 20.2. The molecule has 1 aromatic rings. The standard InChI is InChI=1S/C21H37N5O.HI/c1-5-25(6-2)16-13-23-21(22-3)24-17-19(26-14-9-10-15-26)18-11-7-8-12-20(18)27-4;/h7-8,11-12,19H,5-6,9-10,13-17H2,1-4H3,(H2,22,23,24);1H. The summed E-state index contributed by atoms with van der Waals surface area (Å²) in [5.74, 6) is 1.82. The van der Waals surface area contributed by atoms with E-state index >= 15 is 0 Å². The maximum absolute atomic E-state index is 5.63. The lowest BCUT2D eigenvalue weighted by atomic mass is 10.0. The number of likely N-dealkylation sites (tertiary alicyclic amines) is 1. The molecule has 2 N–H and O–H groups in total. The maximum atomic E-state index is 5.63. The zero-order valence-electron chi connectivity index (χ0n) is 17.9. The lowest BCUT2D eigenvalue weighted by molar-refractivity contribution is 0.239. The molecule has 1 aliphatic heterocycles. The minimum Gasteiger partial charge on any atom is -0.496 e. The van der Waals surface area contributed by atoms with Crippen molar-refractivity contribution >= 4 is 29.9 Å². The molecule has 1 unspecified atom stereocenters. The molecule has 28 heavy (non-hydrogen) atoms. The molecule has 1 fully saturated rings. The van der Waals surface area contributed by atoms with Crippen LogP contribution >= 0.6 is 24.0 Å². The van der Waals surface area contributed by atoms with Crippen molar-refractivity contribution in [2.24, 2.45) is 4.99 Å². The van der Waals surface area contributed by atoms with Crippen LogP contribution in [0.3, 0.4) is 0 Å². The van der Waals surface area contributed by atoms with Crippen LogP contribution in [-0.4, -0.2) is 75.7 Å². The number of likely N-dealkylation sites (N-methyl/N-ethyl adjacent to an activating group) is 1. The number of nitrogens with one attached hydrogen (secondary N) is 2. The van der Waals surface area contributed by atoms with Gasteiger partial charge in [-0.1, -0.05) is 32.0 Å². The average molecular weight is 503 g/mol. The third-order valence-corrected chi connectivity index (χ3v) is 5.38. The van der Waals surface area contributed by atoms with Crippen molar-refractivity contribution in [2.75, 3.05) is 60.0 Å². The predicted octanol–water partition coefficient (Wildman–Crippen LogP) is 2.96. The molecule has 0 spiro atoms. The molecule has 0 aliphatic carbocycles. The van der Waals surface area contributed by atoms with Crippen molar-refractivity contribution in [3.63, 3.8) is 0 Å². The van der Waals surface area contributed by atoms with E-state index in [1.54, 1.807) is 7.11 Å².